The molecule has 4 nitrogen and oxygen atoms in total. The summed E-state index contributed by atoms with van der Waals surface area (Å²) in [4.78, 5) is 14.8. The van der Waals surface area contributed by atoms with Gasteiger partial charge in [0.25, 0.3) is 0 Å². The SMILES string of the molecule is Cc1ccc(C)c(Oc2cccnc2C(=O)O)c1. The second-order valence-electron chi connectivity index (χ2n) is 4.03. The second-order valence-corrected chi connectivity index (χ2v) is 4.03. The van der Waals surface area contributed by atoms with Gasteiger partial charge in [0.1, 0.15) is 5.75 Å². The third kappa shape index (κ3) is 2.48. The number of carboxylic acids is 1. The van der Waals surface area contributed by atoms with E-state index in [1.54, 1.807) is 12.1 Å². The zero-order valence-electron chi connectivity index (χ0n) is 10.2. The molecule has 2 aromatic rings. The van der Waals surface area contributed by atoms with Crippen LogP contribution in [0.25, 0.3) is 0 Å². The van der Waals surface area contributed by atoms with E-state index in [4.69, 9.17) is 9.84 Å². The van der Waals surface area contributed by atoms with Crippen molar-refractivity contribution in [3.05, 3.63) is 53.3 Å². The monoisotopic (exact) mass is 243 g/mol. The number of pyridine rings is 1. The van der Waals surface area contributed by atoms with Crippen LogP contribution in [-0.4, -0.2) is 16.1 Å². The Kier molecular flexibility index (Phi) is 3.28. The number of nitrogens with zero attached hydrogens (tertiary/aromatic N) is 1. The molecule has 4 heteroatoms. The molecule has 0 amide bonds. The molecule has 1 N–H and O–H groups in total. The van der Waals surface area contributed by atoms with E-state index < -0.39 is 5.97 Å². The number of ether oxygens (including phenoxy) is 1. The second kappa shape index (κ2) is 4.87. The van der Waals surface area contributed by atoms with Gasteiger partial charge in [-0.2, -0.15) is 0 Å². The average molecular weight is 243 g/mol. The Morgan fingerprint density at radius 1 is 1.22 bits per heavy atom. The zero-order valence-corrected chi connectivity index (χ0v) is 10.2. The fourth-order valence-corrected chi connectivity index (χ4v) is 1.57. The molecule has 0 saturated carbocycles. The Balaban J connectivity index is 2.40. The first-order chi connectivity index (χ1) is 8.58. The molecule has 0 fully saturated rings. The number of carboxylic acid groups (broad SMARTS) is 1. The smallest absolute Gasteiger partial charge is 0.358 e. The van der Waals surface area contributed by atoms with Gasteiger partial charge in [0.15, 0.2) is 11.4 Å². The van der Waals surface area contributed by atoms with E-state index in [1.165, 1.54) is 6.20 Å². The van der Waals surface area contributed by atoms with Crippen molar-refractivity contribution in [2.75, 3.05) is 0 Å². The van der Waals surface area contributed by atoms with Gasteiger partial charge in [-0.1, -0.05) is 12.1 Å². The van der Waals surface area contributed by atoms with E-state index in [1.807, 2.05) is 32.0 Å². The maximum absolute atomic E-state index is 11.0. The molecular weight excluding hydrogens is 230 g/mol. The highest BCUT2D eigenvalue weighted by Gasteiger charge is 2.13. The van der Waals surface area contributed by atoms with E-state index in [9.17, 15) is 4.79 Å². The molecule has 0 radical (unpaired) electrons. The molecule has 1 aromatic carbocycles. The molecule has 92 valence electrons. The van der Waals surface area contributed by atoms with Crippen LogP contribution >= 0.6 is 0 Å². The lowest BCUT2D eigenvalue weighted by Gasteiger charge is -2.10. The van der Waals surface area contributed by atoms with Crippen LogP contribution < -0.4 is 4.74 Å². The predicted molar refractivity (Wildman–Crippen MR) is 67.2 cm³/mol. The molecule has 0 atom stereocenters. The van der Waals surface area contributed by atoms with Crippen molar-refractivity contribution in [3.8, 4) is 11.5 Å². The minimum absolute atomic E-state index is 0.0848. The van der Waals surface area contributed by atoms with Crippen LogP contribution in [0, 0.1) is 13.8 Å². The Labute approximate surface area is 105 Å². The molecule has 0 spiro atoms. The molecule has 0 saturated heterocycles. The van der Waals surface area contributed by atoms with Gasteiger partial charge in [0.05, 0.1) is 0 Å². The molecular formula is C14H13NO3. The summed E-state index contributed by atoms with van der Waals surface area (Å²) in [5, 5.41) is 9.03. The number of benzene rings is 1. The van der Waals surface area contributed by atoms with Crippen molar-refractivity contribution < 1.29 is 14.6 Å². The van der Waals surface area contributed by atoms with Crippen LogP contribution in [0.3, 0.4) is 0 Å². The molecule has 1 aromatic heterocycles. The number of aromatic nitrogens is 1. The summed E-state index contributed by atoms with van der Waals surface area (Å²) < 4.78 is 5.64. The molecule has 0 aliphatic rings. The van der Waals surface area contributed by atoms with Crippen molar-refractivity contribution in [3.63, 3.8) is 0 Å². The van der Waals surface area contributed by atoms with Gasteiger partial charge in [-0.15, -0.1) is 0 Å². The van der Waals surface area contributed by atoms with Gasteiger partial charge in [0.2, 0.25) is 0 Å². The largest absolute Gasteiger partial charge is 0.476 e. The van der Waals surface area contributed by atoms with Crippen LogP contribution in [0.5, 0.6) is 11.5 Å². The predicted octanol–water partition coefficient (Wildman–Crippen LogP) is 3.19. The molecule has 0 aliphatic carbocycles. The maximum Gasteiger partial charge on any atom is 0.358 e. The highest BCUT2D eigenvalue weighted by molar-refractivity contribution is 5.88. The average Bonchev–Trinajstić information content (AvgIpc) is 2.34. The number of carbonyl (C=O) groups is 1. The van der Waals surface area contributed by atoms with Crippen molar-refractivity contribution in [1.29, 1.82) is 0 Å². The Morgan fingerprint density at radius 2 is 2.00 bits per heavy atom. The van der Waals surface area contributed by atoms with E-state index in [0.717, 1.165) is 11.1 Å². The molecule has 0 aliphatic heterocycles. The highest BCUT2D eigenvalue weighted by atomic mass is 16.5. The third-order valence-corrected chi connectivity index (χ3v) is 2.54. The minimum atomic E-state index is -1.10. The summed E-state index contributed by atoms with van der Waals surface area (Å²) in [5.41, 5.74) is 1.91. The molecule has 2 rings (SSSR count). The first-order valence-electron chi connectivity index (χ1n) is 5.51. The number of hydrogen-bond acceptors (Lipinski definition) is 3. The fraction of sp³-hybridized carbons (Fsp3) is 0.143. The standard InChI is InChI=1S/C14H13NO3/c1-9-5-6-10(2)12(8-9)18-11-4-3-7-15-13(11)14(16)17/h3-8H,1-2H3,(H,16,17). The topological polar surface area (TPSA) is 59.4 Å². The van der Waals surface area contributed by atoms with Crippen LogP contribution in [0.2, 0.25) is 0 Å². The van der Waals surface area contributed by atoms with Crippen LogP contribution in [0.15, 0.2) is 36.5 Å². The summed E-state index contributed by atoms with van der Waals surface area (Å²) in [5.74, 6) is -0.208. The lowest BCUT2D eigenvalue weighted by molar-refractivity contribution is 0.0687. The van der Waals surface area contributed by atoms with Gasteiger partial charge in [0, 0.05) is 6.20 Å². The van der Waals surface area contributed by atoms with Gasteiger partial charge >= 0.3 is 5.97 Å². The van der Waals surface area contributed by atoms with Gasteiger partial charge < -0.3 is 9.84 Å². The number of aryl methyl sites for hydroxylation is 2. The lowest BCUT2D eigenvalue weighted by Crippen LogP contribution is -2.03. The van der Waals surface area contributed by atoms with Crippen molar-refractivity contribution in [2.24, 2.45) is 0 Å². The summed E-state index contributed by atoms with van der Waals surface area (Å²) in [6, 6.07) is 9.02. The summed E-state index contributed by atoms with van der Waals surface area (Å²) >= 11 is 0. The molecule has 0 unspecified atom stereocenters. The van der Waals surface area contributed by atoms with Gasteiger partial charge in [-0.05, 0) is 43.2 Å². The van der Waals surface area contributed by atoms with E-state index >= 15 is 0 Å². The quantitative estimate of drug-likeness (QED) is 0.899. The zero-order chi connectivity index (χ0) is 13.1. The first kappa shape index (κ1) is 12.1. The van der Waals surface area contributed by atoms with Gasteiger partial charge in [-0.25, -0.2) is 9.78 Å². The van der Waals surface area contributed by atoms with E-state index in [-0.39, 0.29) is 11.4 Å². The fourth-order valence-electron chi connectivity index (χ4n) is 1.57. The maximum atomic E-state index is 11.0. The van der Waals surface area contributed by atoms with Crippen LogP contribution in [0.4, 0.5) is 0 Å². The minimum Gasteiger partial charge on any atom is -0.476 e. The summed E-state index contributed by atoms with van der Waals surface area (Å²) in [6.07, 6.45) is 1.43. The summed E-state index contributed by atoms with van der Waals surface area (Å²) in [7, 11) is 0. The number of rotatable bonds is 3. The Hall–Kier alpha value is -2.36. The normalized spacial score (nSPS) is 10.1. The number of hydrogen-bond donors (Lipinski definition) is 1. The van der Waals surface area contributed by atoms with Crippen LogP contribution in [-0.2, 0) is 0 Å². The molecule has 18 heavy (non-hydrogen) atoms. The Bertz CT molecular complexity index is 593. The first-order valence-corrected chi connectivity index (χ1v) is 5.51. The van der Waals surface area contributed by atoms with E-state index in [2.05, 4.69) is 4.98 Å². The summed E-state index contributed by atoms with van der Waals surface area (Å²) in [6.45, 7) is 3.86. The van der Waals surface area contributed by atoms with Crippen molar-refractivity contribution in [1.82, 2.24) is 4.98 Å². The Morgan fingerprint density at radius 3 is 2.72 bits per heavy atom. The highest BCUT2D eigenvalue weighted by Crippen LogP contribution is 2.27. The lowest BCUT2D eigenvalue weighted by atomic mass is 10.1. The van der Waals surface area contributed by atoms with Crippen molar-refractivity contribution >= 4 is 5.97 Å². The van der Waals surface area contributed by atoms with E-state index in [0.29, 0.717) is 5.75 Å². The molecule has 0 bridgehead atoms. The van der Waals surface area contributed by atoms with Crippen LogP contribution in [0.1, 0.15) is 21.6 Å². The van der Waals surface area contributed by atoms with Crippen molar-refractivity contribution in [2.45, 2.75) is 13.8 Å². The number of aromatic carboxylic acids is 1. The molecule has 1 heterocycles. The third-order valence-electron chi connectivity index (χ3n) is 2.54. The van der Waals surface area contributed by atoms with Gasteiger partial charge in [-0.3, -0.25) is 0 Å².